The first kappa shape index (κ1) is 15.0. The van der Waals surface area contributed by atoms with Gasteiger partial charge < -0.3 is 10.3 Å². The van der Waals surface area contributed by atoms with Gasteiger partial charge in [-0.2, -0.15) is 0 Å². The van der Waals surface area contributed by atoms with E-state index in [1.54, 1.807) is 6.92 Å². The summed E-state index contributed by atoms with van der Waals surface area (Å²) in [5.74, 6) is -0.00561. The van der Waals surface area contributed by atoms with Crippen LogP contribution >= 0.6 is 0 Å². The highest BCUT2D eigenvalue weighted by Gasteiger charge is 2.04. The van der Waals surface area contributed by atoms with Gasteiger partial charge in [0.1, 0.15) is 0 Å². The van der Waals surface area contributed by atoms with Crippen molar-refractivity contribution < 1.29 is 4.79 Å². The van der Waals surface area contributed by atoms with E-state index in [1.807, 2.05) is 54.6 Å². The van der Waals surface area contributed by atoms with Crippen molar-refractivity contribution in [2.24, 2.45) is 0 Å². The van der Waals surface area contributed by atoms with Crippen LogP contribution in [0, 0.1) is 6.92 Å². The zero-order valence-corrected chi connectivity index (χ0v) is 12.9. The number of hydrogen-bond acceptors (Lipinski definition) is 2. The van der Waals surface area contributed by atoms with Gasteiger partial charge >= 0.3 is 0 Å². The lowest BCUT2D eigenvalue weighted by molar-refractivity contribution is -0.120. The molecule has 23 heavy (non-hydrogen) atoms. The standard InChI is InChI=1S/C19H18N2O2/c1-13-9-16-10-15(7-8-17(16)21-19(13)23)12-20-18(22)11-14-5-3-2-4-6-14/h2-10H,11-12H2,1H3,(H,20,22)(H,21,23). The summed E-state index contributed by atoms with van der Waals surface area (Å²) in [6, 6.07) is 17.3. The van der Waals surface area contributed by atoms with E-state index < -0.39 is 0 Å². The number of fused-ring (bicyclic) bond motifs is 1. The predicted molar refractivity (Wildman–Crippen MR) is 91.3 cm³/mol. The fourth-order valence-corrected chi connectivity index (χ4v) is 2.52. The van der Waals surface area contributed by atoms with Crippen LogP contribution in [0.3, 0.4) is 0 Å². The van der Waals surface area contributed by atoms with Crippen molar-refractivity contribution in [3.8, 4) is 0 Å². The molecule has 2 aromatic carbocycles. The van der Waals surface area contributed by atoms with Gasteiger partial charge in [-0.1, -0.05) is 36.4 Å². The van der Waals surface area contributed by atoms with Gasteiger partial charge in [0.15, 0.2) is 0 Å². The summed E-state index contributed by atoms with van der Waals surface area (Å²) in [5.41, 5.74) is 3.42. The normalized spacial score (nSPS) is 10.7. The fourth-order valence-electron chi connectivity index (χ4n) is 2.52. The summed E-state index contributed by atoms with van der Waals surface area (Å²) in [7, 11) is 0. The molecule has 1 aromatic heterocycles. The van der Waals surface area contributed by atoms with Crippen molar-refractivity contribution >= 4 is 16.8 Å². The summed E-state index contributed by atoms with van der Waals surface area (Å²) in [6.45, 7) is 2.26. The maximum absolute atomic E-state index is 12.0. The lowest BCUT2D eigenvalue weighted by Crippen LogP contribution is -2.24. The molecular formula is C19H18N2O2. The van der Waals surface area contributed by atoms with Gasteiger partial charge in [0.05, 0.1) is 6.42 Å². The molecule has 0 atom stereocenters. The lowest BCUT2D eigenvalue weighted by atomic mass is 10.1. The lowest BCUT2D eigenvalue weighted by Gasteiger charge is -2.07. The molecule has 3 rings (SSSR count). The molecule has 4 heteroatoms. The predicted octanol–water partition coefficient (Wildman–Crippen LogP) is 2.70. The van der Waals surface area contributed by atoms with Crippen LogP contribution in [0.25, 0.3) is 10.9 Å². The first-order chi connectivity index (χ1) is 11.1. The van der Waals surface area contributed by atoms with E-state index in [4.69, 9.17) is 0 Å². The van der Waals surface area contributed by atoms with Crippen molar-refractivity contribution in [1.82, 2.24) is 10.3 Å². The number of pyridine rings is 1. The minimum atomic E-state index is -0.0681. The molecule has 0 aliphatic carbocycles. The first-order valence-corrected chi connectivity index (χ1v) is 7.55. The summed E-state index contributed by atoms with van der Waals surface area (Å²) in [4.78, 5) is 26.4. The summed E-state index contributed by atoms with van der Waals surface area (Å²) < 4.78 is 0. The molecule has 0 radical (unpaired) electrons. The minimum Gasteiger partial charge on any atom is -0.352 e. The Bertz CT molecular complexity index is 898. The van der Waals surface area contributed by atoms with Gasteiger partial charge in [0.2, 0.25) is 5.91 Å². The highest BCUT2D eigenvalue weighted by Crippen LogP contribution is 2.13. The molecular weight excluding hydrogens is 288 g/mol. The zero-order valence-electron chi connectivity index (χ0n) is 12.9. The highest BCUT2D eigenvalue weighted by molar-refractivity contribution is 5.80. The monoisotopic (exact) mass is 306 g/mol. The Morgan fingerprint density at radius 1 is 1.04 bits per heavy atom. The number of aryl methyl sites for hydroxylation is 1. The number of aromatic amines is 1. The van der Waals surface area contributed by atoms with Crippen LogP contribution in [0.4, 0.5) is 0 Å². The van der Waals surface area contributed by atoms with Crippen molar-refractivity contribution in [2.45, 2.75) is 19.9 Å². The number of amides is 1. The summed E-state index contributed by atoms with van der Waals surface area (Å²) in [5, 5.41) is 3.90. The van der Waals surface area contributed by atoms with Crippen LogP contribution in [-0.2, 0) is 17.8 Å². The number of H-pyrrole nitrogens is 1. The second-order valence-corrected chi connectivity index (χ2v) is 5.64. The Kier molecular flexibility index (Phi) is 4.24. The largest absolute Gasteiger partial charge is 0.352 e. The Balaban J connectivity index is 1.68. The van der Waals surface area contributed by atoms with Gasteiger partial charge in [-0.15, -0.1) is 0 Å². The highest BCUT2D eigenvalue weighted by atomic mass is 16.1. The van der Waals surface area contributed by atoms with E-state index in [0.29, 0.717) is 18.5 Å². The van der Waals surface area contributed by atoms with E-state index >= 15 is 0 Å². The number of benzene rings is 2. The Hall–Kier alpha value is -2.88. The van der Waals surface area contributed by atoms with Gasteiger partial charge in [0.25, 0.3) is 5.56 Å². The summed E-state index contributed by atoms with van der Waals surface area (Å²) in [6.07, 6.45) is 0.376. The van der Waals surface area contributed by atoms with Crippen LogP contribution in [-0.4, -0.2) is 10.9 Å². The molecule has 3 aromatic rings. The molecule has 1 heterocycles. The number of aromatic nitrogens is 1. The zero-order chi connectivity index (χ0) is 16.2. The fraction of sp³-hybridized carbons (Fsp3) is 0.158. The number of carbonyl (C=O) groups is 1. The SMILES string of the molecule is Cc1cc2cc(CNC(=O)Cc3ccccc3)ccc2[nH]c1=O. The second kappa shape index (κ2) is 6.48. The number of hydrogen-bond donors (Lipinski definition) is 2. The third kappa shape index (κ3) is 3.66. The van der Waals surface area contributed by atoms with Crippen molar-refractivity contribution in [3.05, 3.63) is 81.6 Å². The molecule has 1 amide bonds. The van der Waals surface area contributed by atoms with Gasteiger partial charge in [-0.3, -0.25) is 9.59 Å². The summed E-state index contributed by atoms with van der Waals surface area (Å²) >= 11 is 0. The Morgan fingerprint density at radius 2 is 1.83 bits per heavy atom. The Morgan fingerprint density at radius 3 is 2.61 bits per heavy atom. The molecule has 0 aliphatic heterocycles. The minimum absolute atomic E-state index is 0.00561. The molecule has 116 valence electrons. The molecule has 0 saturated heterocycles. The number of carbonyl (C=O) groups excluding carboxylic acids is 1. The number of rotatable bonds is 4. The van der Waals surface area contributed by atoms with Crippen LogP contribution in [0.2, 0.25) is 0 Å². The average Bonchev–Trinajstić information content (AvgIpc) is 2.55. The van der Waals surface area contributed by atoms with E-state index in [0.717, 1.165) is 22.0 Å². The molecule has 0 unspecified atom stereocenters. The van der Waals surface area contributed by atoms with E-state index in [1.165, 1.54) is 0 Å². The van der Waals surface area contributed by atoms with Gasteiger partial charge in [-0.25, -0.2) is 0 Å². The Labute approximate surface area is 134 Å². The van der Waals surface area contributed by atoms with Crippen molar-refractivity contribution in [1.29, 1.82) is 0 Å². The third-order valence-corrected chi connectivity index (χ3v) is 3.79. The second-order valence-electron chi connectivity index (χ2n) is 5.64. The number of nitrogens with one attached hydrogen (secondary N) is 2. The first-order valence-electron chi connectivity index (χ1n) is 7.55. The van der Waals surface area contributed by atoms with Gasteiger partial charge in [0, 0.05) is 17.6 Å². The molecule has 0 bridgehead atoms. The van der Waals surface area contributed by atoms with E-state index in [2.05, 4.69) is 10.3 Å². The molecule has 0 fully saturated rings. The van der Waals surface area contributed by atoms with Crippen LogP contribution < -0.4 is 10.9 Å². The molecule has 0 saturated carbocycles. The quantitative estimate of drug-likeness (QED) is 0.778. The van der Waals surface area contributed by atoms with Crippen LogP contribution in [0.5, 0.6) is 0 Å². The maximum atomic E-state index is 12.0. The van der Waals surface area contributed by atoms with Crippen molar-refractivity contribution in [3.63, 3.8) is 0 Å². The molecule has 0 spiro atoms. The van der Waals surface area contributed by atoms with E-state index in [-0.39, 0.29) is 11.5 Å². The maximum Gasteiger partial charge on any atom is 0.251 e. The topological polar surface area (TPSA) is 62.0 Å². The average molecular weight is 306 g/mol. The molecule has 2 N–H and O–H groups in total. The van der Waals surface area contributed by atoms with E-state index in [9.17, 15) is 9.59 Å². The smallest absolute Gasteiger partial charge is 0.251 e. The molecule has 4 nitrogen and oxygen atoms in total. The van der Waals surface area contributed by atoms with Crippen molar-refractivity contribution in [2.75, 3.05) is 0 Å². The van der Waals surface area contributed by atoms with Crippen LogP contribution in [0.15, 0.2) is 59.4 Å². The van der Waals surface area contributed by atoms with Gasteiger partial charge in [-0.05, 0) is 41.6 Å². The van der Waals surface area contributed by atoms with Crippen LogP contribution in [0.1, 0.15) is 16.7 Å². The molecule has 0 aliphatic rings. The third-order valence-electron chi connectivity index (χ3n) is 3.79.